The molecule has 2 amide bonds. The number of rotatable bonds is 3. The van der Waals surface area contributed by atoms with Gasteiger partial charge >= 0.3 is 5.69 Å². The minimum atomic E-state index is -0.317. The molecule has 3 N–H and O–H groups in total. The van der Waals surface area contributed by atoms with Gasteiger partial charge in [0.2, 0.25) is 5.91 Å². The van der Waals surface area contributed by atoms with Crippen molar-refractivity contribution in [3.8, 4) is 0 Å². The molecule has 27 heavy (non-hydrogen) atoms. The molecule has 0 spiro atoms. The first-order valence-electron chi connectivity index (χ1n) is 8.09. The lowest BCUT2D eigenvalue weighted by Gasteiger charge is -2.02. The number of hydrogen-bond acceptors (Lipinski definition) is 5. The standard InChI is InChI=1S/C18H15N5O3S/c1-9(24)19-11-4-5-12-15(8-11)27-17(20-12)22-16(25)10-3-6-14-13(7-10)21-18(26)23(14)2/h3-8H,1-2H3,(H,19,24)(H,21,26)(H,20,22,25). The van der Waals surface area contributed by atoms with Crippen LogP contribution in [-0.2, 0) is 11.8 Å². The van der Waals surface area contributed by atoms with Gasteiger partial charge in [-0.15, -0.1) is 0 Å². The van der Waals surface area contributed by atoms with Gasteiger partial charge in [0.1, 0.15) is 0 Å². The molecule has 0 aliphatic rings. The van der Waals surface area contributed by atoms with E-state index in [0.717, 1.165) is 15.7 Å². The molecule has 0 aliphatic carbocycles. The van der Waals surface area contributed by atoms with Crippen molar-refractivity contribution in [2.45, 2.75) is 6.92 Å². The van der Waals surface area contributed by atoms with E-state index in [9.17, 15) is 14.4 Å². The summed E-state index contributed by atoms with van der Waals surface area (Å²) in [6, 6.07) is 10.4. The Hall–Kier alpha value is -3.46. The lowest BCUT2D eigenvalue weighted by Crippen LogP contribution is -2.11. The van der Waals surface area contributed by atoms with Crippen molar-refractivity contribution in [3.05, 3.63) is 52.4 Å². The minimum Gasteiger partial charge on any atom is -0.326 e. The number of fused-ring (bicyclic) bond motifs is 2. The third-order valence-electron chi connectivity index (χ3n) is 4.10. The molecule has 4 aromatic rings. The van der Waals surface area contributed by atoms with Crippen LogP contribution in [0.1, 0.15) is 17.3 Å². The SMILES string of the molecule is CC(=O)Nc1ccc2nc(NC(=O)c3ccc4c(c3)[nH]c(=O)n4C)sc2c1. The van der Waals surface area contributed by atoms with Crippen molar-refractivity contribution < 1.29 is 9.59 Å². The molecule has 0 saturated carbocycles. The Morgan fingerprint density at radius 2 is 1.96 bits per heavy atom. The summed E-state index contributed by atoms with van der Waals surface area (Å²) in [4.78, 5) is 42.5. The van der Waals surface area contributed by atoms with Gasteiger partial charge in [-0.05, 0) is 36.4 Å². The number of H-pyrrole nitrogens is 1. The van der Waals surface area contributed by atoms with Gasteiger partial charge in [0.15, 0.2) is 5.13 Å². The molecular formula is C18H15N5O3S. The zero-order valence-electron chi connectivity index (χ0n) is 14.5. The Kier molecular flexibility index (Phi) is 4.00. The van der Waals surface area contributed by atoms with Gasteiger partial charge in [0.25, 0.3) is 5.91 Å². The van der Waals surface area contributed by atoms with Crippen LogP contribution in [0.4, 0.5) is 10.8 Å². The van der Waals surface area contributed by atoms with E-state index in [-0.39, 0.29) is 17.5 Å². The number of aryl methyl sites for hydroxylation is 1. The molecule has 0 saturated heterocycles. The summed E-state index contributed by atoms with van der Waals surface area (Å²) in [5.74, 6) is -0.468. The minimum absolute atomic E-state index is 0.151. The maximum absolute atomic E-state index is 12.5. The number of nitrogens with zero attached hydrogens (tertiary/aromatic N) is 2. The number of imidazole rings is 1. The van der Waals surface area contributed by atoms with E-state index in [1.807, 2.05) is 6.07 Å². The lowest BCUT2D eigenvalue weighted by atomic mass is 10.2. The number of amides is 2. The first-order valence-corrected chi connectivity index (χ1v) is 8.90. The van der Waals surface area contributed by atoms with Crippen molar-refractivity contribution in [1.82, 2.24) is 14.5 Å². The smallest absolute Gasteiger partial charge is 0.326 e. The molecule has 4 rings (SSSR count). The van der Waals surface area contributed by atoms with Gasteiger partial charge in [0.05, 0.1) is 21.3 Å². The highest BCUT2D eigenvalue weighted by Crippen LogP contribution is 2.28. The van der Waals surface area contributed by atoms with Crippen LogP contribution in [0.3, 0.4) is 0 Å². The highest BCUT2D eigenvalue weighted by Gasteiger charge is 2.12. The summed E-state index contributed by atoms with van der Waals surface area (Å²) in [6.07, 6.45) is 0. The number of carbonyl (C=O) groups is 2. The van der Waals surface area contributed by atoms with Gasteiger partial charge in [-0.1, -0.05) is 11.3 Å². The molecule has 0 fully saturated rings. The van der Waals surface area contributed by atoms with Crippen LogP contribution in [-0.4, -0.2) is 26.3 Å². The van der Waals surface area contributed by atoms with Gasteiger partial charge in [-0.25, -0.2) is 9.78 Å². The molecule has 2 aromatic heterocycles. The summed E-state index contributed by atoms with van der Waals surface area (Å²) in [5.41, 5.74) is 2.91. The number of benzene rings is 2. The molecule has 0 atom stereocenters. The second kappa shape index (κ2) is 6.36. The van der Waals surface area contributed by atoms with Crippen molar-refractivity contribution >= 4 is 55.2 Å². The first kappa shape index (κ1) is 17.0. The number of hydrogen-bond donors (Lipinski definition) is 3. The Bertz CT molecular complexity index is 1270. The normalized spacial score (nSPS) is 11.0. The predicted molar refractivity (Wildman–Crippen MR) is 105 cm³/mol. The Morgan fingerprint density at radius 3 is 2.74 bits per heavy atom. The molecule has 2 heterocycles. The topological polar surface area (TPSA) is 109 Å². The van der Waals surface area contributed by atoms with Crippen molar-refractivity contribution in [2.24, 2.45) is 7.05 Å². The fraction of sp³-hybridized carbons (Fsp3) is 0.111. The second-order valence-corrected chi connectivity index (χ2v) is 7.09. The highest BCUT2D eigenvalue weighted by molar-refractivity contribution is 7.22. The summed E-state index contributed by atoms with van der Waals surface area (Å²) in [7, 11) is 1.66. The summed E-state index contributed by atoms with van der Waals surface area (Å²) >= 11 is 1.32. The molecule has 2 aromatic carbocycles. The van der Waals surface area contributed by atoms with Crippen LogP contribution in [0, 0.1) is 0 Å². The molecule has 0 aliphatic heterocycles. The zero-order chi connectivity index (χ0) is 19.1. The molecule has 8 nitrogen and oxygen atoms in total. The van der Waals surface area contributed by atoms with Crippen LogP contribution in [0.2, 0.25) is 0 Å². The summed E-state index contributed by atoms with van der Waals surface area (Å²) in [6.45, 7) is 1.44. The second-order valence-electron chi connectivity index (χ2n) is 6.06. The maximum Gasteiger partial charge on any atom is 0.326 e. The average molecular weight is 381 g/mol. The third-order valence-corrected chi connectivity index (χ3v) is 5.03. The quantitative estimate of drug-likeness (QED) is 0.507. The van der Waals surface area contributed by atoms with Crippen molar-refractivity contribution in [3.63, 3.8) is 0 Å². The van der Waals surface area contributed by atoms with E-state index < -0.39 is 0 Å². The van der Waals surface area contributed by atoms with Crippen LogP contribution >= 0.6 is 11.3 Å². The largest absolute Gasteiger partial charge is 0.326 e. The number of aromatic amines is 1. The lowest BCUT2D eigenvalue weighted by molar-refractivity contribution is -0.114. The van der Waals surface area contributed by atoms with E-state index in [1.165, 1.54) is 22.8 Å². The monoisotopic (exact) mass is 381 g/mol. The molecule has 9 heteroatoms. The van der Waals surface area contributed by atoms with E-state index in [0.29, 0.717) is 21.9 Å². The average Bonchev–Trinajstić information content (AvgIpc) is 3.14. The number of nitrogens with one attached hydrogen (secondary N) is 3. The van der Waals surface area contributed by atoms with E-state index in [1.54, 1.807) is 37.4 Å². The Balaban J connectivity index is 1.60. The summed E-state index contributed by atoms with van der Waals surface area (Å²) < 4.78 is 2.33. The molecule has 0 bridgehead atoms. The van der Waals surface area contributed by atoms with Crippen molar-refractivity contribution in [2.75, 3.05) is 10.6 Å². The fourth-order valence-electron chi connectivity index (χ4n) is 2.81. The predicted octanol–water partition coefficient (Wildman–Crippen LogP) is 2.69. The highest BCUT2D eigenvalue weighted by atomic mass is 32.1. The van der Waals surface area contributed by atoms with E-state index >= 15 is 0 Å². The van der Waals surface area contributed by atoms with E-state index in [2.05, 4.69) is 20.6 Å². The maximum atomic E-state index is 12.5. The van der Waals surface area contributed by atoms with Crippen LogP contribution < -0.4 is 16.3 Å². The van der Waals surface area contributed by atoms with Crippen LogP contribution in [0.5, 0.6) is 0 Å². The number of thiazole rings is 1. The molecule has 136 valence electrons. The molecular weight excluding hydrogens is 366 g/mol. The van der Waals surface area contributed by atoms with Gasteiger partial charge < -0.3 is 10.3 Å². The fourth-order valence-corrected chi connectivity index (χ4v) is 3.71. The first-order chi connectivity index (χ1) is 12.9. The van der Waals surface area contributed by atoms with E-state index in [4.69, 9.17) is 0 Å². The number of carbonyl (C=O) groups excluding carboxylic acids is 2. The van der Waals surface area contributed by atoms with Gasteiger partial charge in [0, 0.05) is 25.2 Å². The Morgan fingerprint density at radius 1 is 1.15 bits per heavy atom. The molecule has 0 unspecified atom stereocenters. The number of anilines is 2. The zero-order valence-corrected chi connectivity index (χ0v) is 15.3. The Labute approximate surface area is 156 Å². The molecule has 0 radical (unpaired) electrons. The van der Waals surface area contributed by atoms with Gasteiger partial charge in [-0.2, -0.15) is 0 Å². The number of aromatic nitrogens is 3. The van der Waals surface area contributed by atoms with Crippen LogP contribution in [0.15, 0.2) is 41.2 Å². The van der Waals surface area contributed by atoms with Crippen LogP contribution in [0.25, 0.3) is 21.3 Å². The third kappa shape index (κ3) is 3.20. The van der Waals surface area contributed by atoms with Crippen molar-refractivity contribution in [1.29, 1.82) is 0 Å². The van der Waals surface area contributed by atoms with Gasteiger partial charge in [-0.3, -0.25) is 19.5 Å². The summed E-state index contributed by atoms with van der Waals surface area (Å²) in [5, 5.41) is 5.95.